The predicted octanol–water partition coefficient (Wildman–Crippen LogP) is 1.75. The van der Waals surface area contributed by atoms with Crippen LogP contribution in [-0.4, -0.2) is 24.0 Å². The van der Waals surface area contributed by atoms with E-state index in [1.807, 2.05) is 18.6 Å². The second-order valence-corrected chi connectivity index (χ2v) is 4.96. The van der Waals surface area contributed by atoms with Gasteiger partial charge in [0.25, 0.3) is 0 Å². The molecule has 88 valence electrons. The summed E-state index contributed by atoms with van der Waals surface area (Å²) in [6.07, 6.45) is 7.02. The summed E-state index contributed by atoms with van der Waals surface area (Å²) in [7, 11) is 1.81. The highest BCUT2D eigenvalue weighted by Gasteiger charge is 2.15. The maximum atomic E-state index is 4.23. The van der Waals surface area contributed by atoms with Crippen molar-refractivity contribution in [3.63, 3.8) is 0 Å². The number of aromatic nitrogens is 1. The number of guanidine groups is 1. The van der Waals surface area contributed by atoms with Crippen molar-refractivity contribution in [2.24, 2.45) is 4.99 Å². The predicted molar refractivity (Wildman–Crippen MR) is 67.7 cm³/mol. The van der Waals surface area contributed by atoms with Gasteiger partial charge < -0.3 is 10.6 Å². The van der Waals surface area contributed by atoms with Crippen LogP contribution in [-0.2, 0) is 6.54 Å². The summed E-state index contributed by atoms with van der Waals surface area (Å²) in [5.74, 6) is 0.891. The van der Waals surface area contributed by atoms with Crippen molar-refractivity contribution in [3.05, 3.63) is 16.6 Å². The van der Waals surface area contributed by atoms with Gasteiger partial charge >= 0.3 is 0 Å². The molecule has 1 heterocycles. The summed E-state index contributed by atoms with van der Waals surface area (Å²) in [5.41, 5.74) is 0. The molecule has 0 radical (unpaired) electrons. The average Bonchev–Trinajstić information content (AvgIpc) is 2.97. The van der Waals surface area contributed by atoms with Crippen LogP contribution in [0, 0.1) is 0 Å². The number of hydrogen-bond acceptors (Lipinski definition) is 3. The van der Waals surface area contributed by atoms with Crippen molar-refractivity contribution in [1.29, 1.82) is 0 Å². The molecule has 1 aromatic heterocycles. The highest BCUT2D eigenvalue weighted by atomic mass is 32.1. The Balaban J connectivity index is 1.77. The fourth-order valence-electron chi connectivity index (χ4n) is 1.96. The quantitative estimate of drug-likeness (QED) is 0.623. The molecule has 1 aromatic rings. The summed E-state index contributed by atoms with van der Waals surface area (Å²) in [4.78, 5) is 8.45. The molecule has 0 bridgehead atoms. The summed E-state index contributed by atoms with van der Waals surface area (Å²) < 4.78 is 0. The first-order valence-electron chi connectivity index (χ1n) is 5.74. The monoisotopic (exact) mass is 238 g/mol. The van der Waals surface area contributed by atoms with E-state index in [0.29, 0.717) is 6.04 Å². The molecule has 0 spiro atoms. The first-order chi connectivity index (χ1) is 7.88. The van der Waals surface area contributed by atoms with Gasteiger partial charge in [-0.1, -0.05) is 12.8 Å². The van der Waals surface area contributed by atoms with Gasteiger partial charge in [0, 0.05) is 24.7 Å². The maximum absolute atomic E-state index is 4.23. The highest BCUT2D eigenvalue weighted by Crippen LogP contribution is 2.17. The van der Waals surface area contributed by atoms with Crippen LogP contribution in [0.1, 0.15) is 30.7 Å². The topological polar surface area (TPSA) is 49.3 Å². The van der Waals surface area contributed by atoms with E-state index in [-0.39, 0.29) is 0 Å². The Labute approximate surface area is 100 Å². The van der Waals surface area contributed by atoms with Crippen LogP contribution >= 0.6 is 11.3 Å². The van der Waals surface area contributed by atoms with Crippen LogP contribution in [0.2, 0.25) is 0 Å². The van der Waals surface area contributed by atoms with Crippen LogP contribution in [0.25, 0.3) is 0 Å². The fourth-order valence-corrected chi connectivity index (χ4v) is 2.51. The van der Waals surface area contributed by atoms with Gasteiger partial charge in [0.05, 0.1) is 6.54 Å². The lowest BCUT2D eigenvalue weighted by Gasteiger charge is -2.16. The van der Waals surface area contributed by atoms with E-state index in [0.717, 1.165) is 17.5 Å². The van der Waals surface area contributed by atoms with Crippen molar-refractivity contribution in [2.75, 3.05) is 7.05 Å². The zero-order chi connectivity index (χ0) is 11.2. The number of nitrogens with one attached hydrogen (secondary N) is 2. The zero-order valence-electron chi connectivity index (χ0n) is 9.57. The normalized spacial score (nSPS) is 17.7. The van der Waals surface area contributed by atoms with E-state index in [9.17, 15) is 0 Å². The van der Waals surface area contributed by atoms with Crippen molar-refractivity contribution >= 4 is 17.3 Å². The summed E-state index contributed by atoms with van der Waals surface area (Å²) >= 11 is 1.66. The molecule has 1 aliphatic carbocycles. The number of rotatable bonds is 3. The van der Waals surface area contributed by atoms with Gasteiger partial charge in [-0.2, -0.15) is 0 Å². The minimum Gasteiger partial charge on any atom is -0.354 e. The lowest BCUT2D eigenvalue weighted by molar-refractivity contribution is 0.613. The lowest BCUT2D eigenvalue weighted by Crippen LogP contribution is -2.41. The summed E-state index contributed by atoms with van der Waals surface area (Å²) in [5, 5.41) is 9.81. The molecule has 0 amide bonds. The number of aliphatic imine (C=N–C) groups is 1. The van der Waals surface area contributed by atoms with E-state index in [1.165, 1.54) is 25.7 Å². The van der Waals surface area contributed by atoms with Crippen LogP contribution in [0.4, 0.5) is 0 Å². The van der Waals surface area contributed by atoms with Gasteiger partial charge in [0.1, 0.15) is 5.01 Å². The van der Waals surface area contributed by atoms with Gasteiger partial charge in [-0.3, -0.25) is 4.99 Å². The van der Waals surface area contributed by atoms with Gasteiger partial charge in [-0.25, -0.2) is 4.98 Å². The molecule has 0 unspecified atom stereocenters. The van der Waals surface area contributed by atoms with Gasteiger partial charge in [-0.15, -0.1) is 11.3 Å². The Bertz CT molecular complexity index is 328. The molecule has 0 saturated heterocycles. The molecule has 1 saturated carbocycles. The minimum absolute atomic E-state index is 0.600. The van der Waals surface area contributed by atoms with E-state index in [4.69, 9.17) is 0 Å². The summed E-state index contributed by atoms with van der Waals surface area (Å²) in [6, 6.07) is 0.600. The molecule has 1 aliphatic rings. The Morgan fingerprint density at radius 2 is 2.38 bits per heavy atom. The Kier molecular flexibility index (Phi) is 4.16. The molecule has 2 rings (SSSR count). The standard InChI is InChI=1S/C11H18N4S/c1-12-11(15-9-4-2-3-5-9)14-8-10-13-6-7-16-10/h6-7,9H,2-5,8H2,1H3,(H2,12,14,15). The smallest absolute Gasteiger partial charge is 0.191 e. The van der Waals surface area contributed by atoms with Crippen LogP contribution < -0.4 is 10.6 Å². The second-order valence-electron chi connectivity index (χ2n) is 3.98. The molecule has 0 aliphatic heterocycles. The number of thiazole rings is 1. The molecule has 4 nitrogen and oxygen atoms in total. The largest absolute Gasteiger partial charge is 0.354 e. The number of hydrogen-bond donors (Lipinski definition) is 2. The SMILES string of the molecule is CN=C(NCc1nccs1)NC1CCCC1. The highest BCUT2D eigenvalue weighted by molar-refractivity contribution is 7.09. The molecular weight excluding hydrogens is 220 g/mol. The molecule has 16 heavy (non-hydrogen) atoms. The number of nitrogens with zero attached hydrogens (tertiary/aromatic N) is 2. The van der Waals surface area contributed by atoms with E-state index in [2.05, 4.69) is 20.6 Å². The van der Waals surface area contributed by atoms with Crippen molar-refractivity contribution in [3.8, 4) is 0 Å². The fraction of sp³-hybridized carbons (Fsp3) is 0.636. The Morgan fingerprint density at radius 1 is 1.56 bits per heavy atom. The Morgan fingerprint density at radius 3 is 3.00 bits per heavy atom. The van der Waals surface area contributed by atoms with Gasteiger partial charge in [0.15, 0.2) is 5.96 Å². The van der Waals surface area contributed by atoms with Gasteiger partial charge in [0.2, 0.25) is 0 Å². The van der Waals surface area contributed by atoms with Gasteiger partial charge in [-0.05, 0) is 12.8 Å². The molecular formula is C11H18N4S. The molecule has 0 atom stereocenters. The van der Waals surface area contributed by atoms with E-state index >= 15 is 0 Å². The summed E-state index contributed by atoms with van der Waals surface area (Å²) in [6.45, 7) is 0.754. The third-order valence-electron chi connectivity index (χ3n) is 2.81. The van der Waals surface area contributed by atoms with E-state index < -0.39 is 0 Å². The lowest BCUT2D eigenvalue weighted by atomic mass is 10.2. The van der Waals surface area contributed by atoms with Crippen molar-refractivity contribution in [1.82, 2.24) is 15.6 Å². The average molecular weight is 238 g/mol. The maximum Gasteiger partial charge on any atom is 0.191 e. The molecule has 1 fully saturated rings. The molecule has 2 N–H and O–H groups in total. The van der Waals surface area contributed by atoms with Crippen LogP contribution in [0.5, 0.6) is 0 Å². The third kappa shape index (κ3) is 3.20. The van der Waals surface area contributed by atoms with E-state index in [1.54, 1.807) is 11.3 Å². The van der Waals surface area contributed by atoms with Crippen molar-refractivity contribution in [2.45, 2.75) is 38.3 Å². The van der Waals surface area contributed by atoms with Crippen molar-refractivity contribution < 1.29 is 0 Å². The Hall–Kier alpha value is -1.10. The van der Waals surface area contributed by atoms with Crippen LogP contribution in [0.3, 0.4) is 0 Å². The van der Waals surface area contributed by atoms with Crippen LogP contribution in [0.15, 0.2) is 16.6 Å². The molecule has 5 heteroatoms. The first kappa shape index (κ1) is 11.4. The molecule has 0 aromatic carbocycles. The first-order valence-corrected chi connectivity index (χ1v) is 6.62. The minimum atomic E-state index is 0.600. The third-order valence-corrected chi connectivity index (χ3v) is 3.59. The second kappa shape index (κ2) is 5.84. The zero-order valence-corrected chi connectivity index (χ0v) is 10.4.